The van der Waals surface area contributed by atoms with Crippen molar-refractivity contribution in [1.82, 2.24) is 0 Å². The van der Waals surface area contributed by atoms with Crippen LogP contribution in [0.2, 0.25) is 0 Å². The number of nitrogens with two attached hydrogens (primary N) is 1. The van der Waals surface area contributed by atoms with Gasteiger partial charge in [0.2, 0.25) is 0 Å². The van der Waals surface area contributed by atoms with Crippen molar-refractivity contribution >= 4 is 22.0 Å². The van der Waals surface area contributed by atoms with E-state index < -0.39 is 0 Å². The normalized spacial score (nSPS) is 18.9. The minimum atomic E-state index is 0.0306. The van der Waals surface area contributed by atoms with Crippen molar-refractivity contribution in [3.63, 3.8) is 0 Å². The highest BCUT2D eigenvalue weighted by molar-refractivity contribution is 7.17. The largest absolute Gasteiger partial charge is 0.486 e. The minimum absolute atomic E-state index is 0.0306. The highest BCUT2D eigenvalue weighted by atomic mass is 32.1. The standard InChI is InChI=1S/C13H19N3O2S/c1-8(2)18-12-11(15)10(6-14)19-13(12)16-5-4-9(7-16)17-3/h8-9H,4-5,7,15H2,1-3H3. The summed E-state index contributed by atoms with van der Waals surface area (Å²) >= 11 is 1.40. The maximum Gasteiger partial charge on any atom is 0.178 e. The van der Waals surface area contributed by atoms with Crippen LogP contribution in [-0.4, -0.2) is 32.4 Å². The number of ether oxygens (including phenoxy) is 2. The van der Waals surface area contributed by atoms with Crippen LogP contribution in [0.1, 0.15) is 25.1 Å². The van der Waals surface area contributed by atoms with Crippen LogP contribution in [-0.2, 0) is 4.74 Å². The lowest BCUT2D eigenvalue weighted by Crippen LogP contribution is -2.22. The number of nitrogen functional groups attached to an aromatic ring is 1. The summed E-state index contributed by atoms with van der Waals surface area (Å²) in [4.78, 5) is 2.71. The van der Waals surface area contributed by atoms with Gasteiger partial charge in [-0.2, -0.15) is 5.26 Å². The quantitative estimate of drug-likeness (QED) is 0.916. The third-order valence-corrected chi connectivity index (χ3v) is 4.26. The predicted octanol–water partition coefficient (Wildman–Crippen LogP) is 2.21. The van der Waals surface area contributed by atoms with Crippen LogP contribution in [0.5, 0.6) is 5.75 Å². The Kier molecular flexibility index (Phi) is 4.17. The summed E-state index contributed by atoms with van der Waals surface area (Å²) in [5, 5.41) is 10.1. The average molecular weight is 281 g/mol. The molecule has 1 aromatic heterocycles. The van der Waals surface area contributed by atoms with Crippen molar-refractivity contribution in [2.45, 2.75) is 32.5 Å². The van der Waals surface area contributed by atoms with E-state index in [1.807, 2.05) is 13.8 Å². The van der Waals surface area contributed by atoms with Gasteiger partial charge < -0.3 is 20.1 Å². The summed E-state index contributed by atoms with van der Waals surface area (Å²) < 4.78 is 11.2. The number of rotatable bonds is 4. The highest BCUT2D eigenvalue weighted by Crippen LogP contribution is 2.46. The molecule has 0 amide bonds. The maximum atomic E-state index is 9.11. The van der Waals surface area contributed by atoms with Gasteiger partial charge in [-0.25, -0.2) is 0 Å². The van der Waals surface area contributed by atoms with Gasteiger partial charge in [-0.15, -0.1) is 11.3 Å². The fourth-order valence-electron chi connectivity index (χ4n) is 2.16. The van der Waals surface area contributed by atoms with E-state index in [2.05, 4.69) is 11.0 Å². The average Bonchev–Trinajstić information content (AvgIpc) is 2.95. The molecule has 5 nitrogen and oxygen atoms in total. The molecule has 104 valence electrons. The third-order valence-electron chi connectivity index (χ3n) is 3.10. The van der Waals surface area contributed by atoms with Crippen molar-refractivity contribution in [1.29, 1.82) is 5.26 Å². The van der Waals surface area contributed by atoms with E-state index in [9.17, 15) is 0 Å². The van der Waals surface area contributed by atoms with Crippen molar-refractivity contribution in [2.75, 3.05) is 30.8 Å². The number of methoxy groups -OCH3 is 1. The molecule has 1 unspecified atom stereocenters. The number of hydrogen-bond acceptors (Lipinski definition) is 6. The number of thiophene rings is 1. The Morgan fingerprint density at radius 3 is 2.79 bits per heavy atom. The van der Waals surface area contributed by atoms with E-state index in [-0.39, 0.29) is 12.2 Å². The van der Waals surface area contributed by atoms with E-state index in [1.165, 1.54) is 11.3 Å². The fraction of sp³-hybridized carbons (Fsp3) is 0.615. The van der Waals surface area contributed by atoms with E-state index >= 15 is 0 Å². The topological polar surface area (TPSA) is 71.5 Å². The molecule has 19 heavy (non-hydrogen) atoms. The molecule has 1 fully saturated rings. The summed E-state index contributed by atoms with van der Waals surface area (Å²) in [5.74, 6) is 0.647. The molecule has 0 bridgehead atoms. The Morgan fingerprint density at radius 2 is 2.26 bits per heavy atom. The minimum Gasteiger partial charge on any atom is -0.486 e. The number of nitriles is 1. The van der Waals surface area contributed by atoms with E-state index in [4.69, 9.17) is 20.5 Å². The molecule has 2 rings (SSSR count). The van der Waals surface area contributed by atoms with Gasteiger partial charge >= 0.3 is 0 Å². The number of nitrogens with zero attached hydrogens (tertiary/aromatic N) is 2. The third kappa shape index (κ3) is 2.77. The summed E-state index contributed by atoms with van der Waals surface area (Å²) in [5.41, 5.74) is 6.46. The molecule has 1 aromatic rings. The lowest BCUT2D eigenvalue weighted by Gasteiger charge is -2.19. The zero-order valence-electron chi connectivity index (χ0n) is 11.5. The molecule has 0 aromatic carbocycles. The molecule has 1 saturated heterocycles. The van der Waals surface area contributed by atoms with Gasteiger partial charge in [0.15, 0.2) is 5.75 Å². The number of hydrogen-bond donors (Lipinski definition) is 1. The van der Waals surface area contributed by atoms with E-state index in [0.717, 1.165) is 24.5 Å². The van der Waals surface area contributed by atoms with Crippen molar-refractivity contribution in [2.24, 2.45) is 0 Å². The lowest BCUT2D eigenvalue weighted by atomic mass is 10.3. The molecule has 0 radical (unpaired) electrons. The van der Waals surface area contributed by atoms with Crippen molar-refractivity contribution in [3.8, 4) is 11.8 Å². The van der Waals surface area contributed by atoms with Crippen LogP contribution in [0.15, 0.2) is 0 Å². The second-order valence-electron chi connectivity index (χ2n) is 4.85. The molecule has 0 saturated carbocycles. The van der Waals surface area contributed by atoms with E-state index in [0.29, 0.717) is 16.3 Å². The van der Waals surface area contributed by atoms with Crippen LogP contribution in [0.25, 0.3) is 0 Å². The molecule has 2 N–H and O–H groups in total. The lowest BCUT2D eigenvalue weighted by molar-refractivity contribution is 0.121. The van der Waals surface area contributed by atoms with Gasteiger partial charge in [-0.3, -0.25) is 0 Å². The van der Waals surface area contributed by atoms with E-state index in [1.54, 1.807) is 7.11 Å². The van der Waals surface area contributed by atoms with Gasteiger partial charge in [0, 0.05) is 20.2 Å². The van der Waals surface area contributed by atoms with Gasteiger partial charge in [-0.1, -0.05) is 0 Å². The van der Waals surface area contributed by atoms with Gasteiger partial charge in [0.05, 0.1) is 12.2 Å². The van der Waals surface area contributed by atoms with Crippen LogP contribution >= 0.6 is 11.3 Å². The SMILES string of the molecule is COC1CCN(c2sc(C#N)c(N)c2OC(C)C)C1. The summed E-state index contributed by atoms with van der Waals surface area (Å²) in [7, 11) is 1.73. The first-order chi connectivity index (χ1) is 9.06. The second-order valence-corrected chi connectivity index (χ2v) is 5.85. The van der Waals surface area contributed by atoms with Gasteiger partial charge in [-0.05, 0) is 20.3 Å². The Balaban J connectivity index is 2.31. The van der Waals surface area contributed by atoms with Gasteiger partial charge in [0.25, 0.3) is 0 Å². The summed E-state index contributed by atoms with van der Waals surface area (Å²) in [6.45, 7) is 5.62. The molecule has 6 heteroatoms. The second kappa shape index (κ2) is 5.68. The highest BCUT2D eigenvalue weighted by Gasteiger charge is 2.29. The first-order valence-electron chi connectivity index (χ1n) is 6.33. The first kappa shape index (κ1) is 14.0. The first-order valence-corrected chi connectivity index (χ1v) is 7.15. The summed E-state index contributed by atoms with van der Waals surface area (Å²) in [6.07, 6.45) is 1.25. The maximum absolute atomic E-state index is 9.11. The Hall–Kier alpha value is -1.45. The monoisotopic (exact) mass is 281 g/mol. The molecule has 1 aliphatic rings. The fourth-order valence-corrected chi connectivity index (χ4v) is 3.15. The van der Waals surface area contributed by atoms with Crippen LogP contribution in [0.4, 0.5) is 10.7 Å². The van der Waals surface area contributed by atoms with Crippen LogP contribution < -0.4 is 15.4 Å². The van der Waals surface area contributed by atoms with Crippen LogP contribution in [0.3, 0.4) is 0 Å². The molecular formula is C13H19N3O2S. The molecule has 0 aliphatic carbocycles. The van der Waals surface area contributed by atoms with Gasteiger partial charge in [0.1, 0.15) is 21.6 Å². The Morgan fingerprint density at radius 1 is 1.53 bits per heavy atom. The zero-order chi connectivity index (χ0) is 14.0. The molecular weight excluding hydrogens is 262 g/mol. The predicted molar refractivity (Wildman–Crippen MR) is 76.8 cm³/mol. The number of anilines is 2. The Bertz CT molecular complexity index is 493. The summed E-state index contributed by atoms with van der Waals surface area (Å²) in [6, 6.07) is 2.13. The van der Waals surface area contributed by atoms with Crippen molar-refractivity contribution in [3.05, 3.63) is 4.88 Å². The molecule has 2 heterocycles. The van der Waals surface area contributed by atoms with Crippen molar-refractivity contribution < 1.29 is 9.47 Å². The Labute approximate surface area is 117 Å². The molecule has 1 aliphatic heterocycles. The molecule has 1 atom stereocenters. The van der Waals surface area contributed by atoms with Crippen LogP contribution in [0, 0.1) is 11.3 Å². The smallest absolute Gasteiger partial charge is 0.178 e. The zero-order valence-corrected chi connectivity index (χ0v) is 12.3. The molecule has 0 spiro atoms.